The molecule has 0 saturated carbocycles. The van der Waals surface area contributed by atoms with Gasteiger partial charge in [0.05, 0.1) is 39.4 Å². The number of aromatic nitrogens is 1. The predicted molar refractivity (Wildman–Crippen MR) is 154 cm³/mol. The van der Waals surface area contributed by atoms with Crippen LogP contribution in [-0.2, 0) is 19.5 Å². The molecule has 0 spiro atoms. The van der Waals surface area contributed by atoms with E-state index in [9.17, 15) is 18.0 Å². The number of fused-ring (bicyclic) bond motifs is 1. The molecule has 1 unspecified atom stereocenters. The number of sulfonamides is 1. The number of aryl methyl sites for hydroxylation is 1. The van der Waals surface area contributed by atoms with Crippen LogP contribution in [0, 0.1) is 6.92 Å². The maximum absolute atomic E-state index is 13.8. The number of carbonyl (C=O) groups excluding carboxylic acids is 2. The molecule has 0 aliphatic carbocycles. The molecule has 40 heavy (non-hydrogen) atoms. The molecule has 1 atom stereocenters. The smallest absolute Gasteiger partial charge is 0.409 e. The minimum Gasteiger partial charge on any atom is -0.450 e. The van der Waals surface area contributed by atoms with E-state index in [1.165, 1.54) is 44.8 Å². The number of amides is 2. The first-order valence-corrected chi connectivity index (χ1v) is 15.8. The first kappa shape index (κ1) is 28.7. The average Bonchev–Trinajstić information content (AvgIpc) is 3.65. The standard InChI is InChI=1S/C27H31ClN4O6S2/c1-3-37-27(34)30-12-14-31(15-13-30)40(35,36)21-9-7-19(8-10-21)25(33)32(17-20-5-4-16-38-20)26-29-23-18(2)6-11-22(28)24(23)39-26/h6-11,20H,3-5,12-17H2,1-2H3. The quantitative estimate of drug-likeness (QED) is 0.388. The van der Waals surface area contributed by atoms with Crippen LogP contribution in [0.25, 0.3) is 10.2 Å². The van der Waals surface area contributed by atoms with E-state index in [1.54, 1.807) is 11.8 Å². The van der Waals surface area contributed by atoms with Gasteiger partial charge < -0.3 is 14.4 Å². The lowest BCUT2D eigenvalue weighted by atomic mass is 10.2. The Morgan fingerprint density at radius 1 is 1.15 bits per heavy atom. The average molecular weight is 607 g/mol. The minimum atomic E-state index is -3.80. The molecule has 2 saturated heterocycles. The molecule has 0 bridgehead atoms. The summed E-state index contributed by atoms with van der Waals surface area (Å²) in [5, 5.41) is 1.09. The summed E-state index contributed by atoms with van der Waals surface area (Å²) in [6, 6.07) is 9.67. The lowest BCUT2D eigenvalue weighted by Crippen LogP contribution is -2.50. The minimum absolute atomic E-state index is 0.0849. The van der Waals surface area contributed by atoms with Gasteiger partial charge in [-0.05, 0) is 62.6 Å². The molecule has 3 aromatic rings. The molecule has 5 rings (SSSR count). The Bertz CT molecular complexity index is 1460. The van der Waals surface area contributed by atoms with Crippen LogP contribution in [0.3, 0.4) is 0 Å². The molecule has 2 aromatic carbocycles. The van der Waals surface area contributed by atoms with Crippen molar-refractivity contribution in [2.24, 2.45) is 0 Å². The van der Waals surface area contributed by atoms with Gasteiger partial charge in [-0.1, -0.05) is 29.0 Å². The Kier molecular flexibility index (Phi) is 8.62. The fourth-order valence-electron chi connectivity index (χ4n) is 4.85. The van der Waals surface area contributed by atoms with Crippen molar-refractivity contribution < 1.29 is 27.5 Å². The Morgan fingerprint density at radius 2 is 1.88 bits per heavy atom. The number of nitrogens with zero attached hydrogens (tertiary/aromatic N) is 4. The number of thiazole rings is 1. The van der Waals surface area contributed by atoms with Crippen molar-refractivity contribution in [1.29, 1.82) is 0 Å². The number of hydrogen-bond donors (Lipinski definition) is 0. The van der Waals surface area contributed by atoms with Crippen LogP contribution < -0.4 is 4.90 Å². The second kappa shape index (κ2) is 12.0. The molecule has 2 aliphatic heterocycles. The molecular formula is C27H31ClN4O6S2. The fraction of sp³-hybridized carbons (Fsp3) is 0.444. The van der Waals surface area contributed by atoms with Crippen molar-refractivity contribution in [3.05, 3.63) is 52.5 Å². The van der Waals surface area contributed by atoms with Crippen molar-refractivity contribution in [2.75, 3.05) is 50.8 Å². The monoisotopic (exact) mass is 606 g/mol. The van der Waals surface area contributed by atoms with Crippen LogP contribution in [0.2, 0.25) is 5.02 Å². The van der Waals surface area contributed by atoms with Gasteiger partial charge in [0.1, 0.15) is 0 Å². The Balaban J connectivity index is 1.36. The highest BCUT2D eigenvalue weighted by Crippen LogP contribution is 2.36. The van der Waals surface area contributed by atoms with Gasteiger partial charge in [0.25, 0.3) is 5.91 Å². The number of carbonyl (C=O) groups is 2. The summed E-state index contributed by atoms with van der Waals surface area (Å²) >= 11 is 7.78. The second-order valence-corrected chi connectivity index (χ2v) is 13.0. The van der Waals surface area contributed by atoms with Crippen molar-refractivity contribution in [1.82, 2.24) is 14.2 Å². The van der Waals surface area contributed by atoms with E-state index in [1.807, 2.05) is 19.1 Å². The Morgan fingerprint density at radius 3 is 2.50 bits per heavy atom. The highest BCUT2D eigenvalue weighted by Gasteiger charge is 2.32. The van der Waals surface area contributed by atoms with Crippen LogP contribution in [0.15, 0.2) is 41.3 Å². The van der Waals surface area contributed by atoms with E-state index in [4.69, 9.17) is 26.1 Å². The zero-order chi connectivity index (χ0) is 28.4. The van der Waals surface area contributed by atoms with Gasteiger partial charge in [0, 0.05) is 38.3 Å². The van der Waals surface area contributed by atoms with Gasteiger partial charge in [0.2, 0.25) is 10.0 Å². The van der Waals surface area contributed by atoms with Crippen LogP contribution in [0.4, 0.5) is 9.93 Å². The maximum atomic E-state index is 13.8. The molecule has 13 heteroatoms. The van der Waals surface area contributed by atoms with Gasteiger partial charge in [-0.3, -0.25) is 9.69 Å². The number of rotatable bonds is 7. The van der Waals surface area contributed by atoms with E-state index in [0.717, 1.165) is 28.6 Å². The first-order valence-electron chi connectivity index (χ1n) is 13.2. The molecule has 2 aliphatic rings. The highest BCUT2D eigenvalue weighted by molar-refractivity contribution is 7.89. The first-order chi connectivity index (χ1) is 19.2. The summed E-state index contributed by atoms with van der Waals surface area (Å²) in [5.74, 6) is -0.296. The van der Waals surface area contributed by atoms with Crippen molar-refractivity contribution >= 4 is 60.3 Å². The predicted octanol–water partition coefficient (Wildman–Crippen LogP) is 4.55. The van der Waals surface area contributed by atoms with Crippen molar-refractivity contribution in [3.63, 3.8) is 0 Å². The zero-order valence-electron chi connectivity index (χ0n) is 22.3. The third-order valence-electron chi connectivity index (χ3n) is 7.08. The van der Waals surface area contributed by atoms with Gasteiger partial charge in [0.15, 0.2) is 5.13 Å². The second-order valence-electron chi connectivity index (χ2n) is 9.70. The molecule has 2 amide bonds. The number of hydrogen-bond acceptors (Lipinski definition) is 8. The van der Waals surface area contributed by atoms with Gasteiger partial charge in [-0.15, -0.1) is 0 Å². The SMILES string of the molecule is CCOC(=O)N1CCN(S(=O)(=O)c2ccc(C(=O)N(CC3CCCO3)c3nc4c(C)ccc(Cl)c4s3)cc2)CC1. The van der Waals surface area contributed by atoms with Gasteiger partial charge >= 0.3 is 6.09 Å². The Labute approximate surface area is 242 Å². The van der Waals surface area contributed by atoms with E-state index < -0.39 is 16.1 Å². The molecule has 0 radical (unpaired) electrons. The van der Waals surface area contributed by atoms with Crippen molar-refractivity contribution in [2.45, 2.75) is 37.7 Å². The lowest BCUT2D eigenvalue weighted by molar-refractivity contribution is 0.0916. The van der Waals surface area contributed by atoms with Gasteiger partial charge in [-0.25, -0.2) is 18.2 Å². The number of piperazine rings is 1. The van der Waals surface area contributed by atoms with Crippen molar-refractivity contribution in [3.8, 4) is 0 Å². The molecule has 1 aromatic heterocycles. The summed E-state index contributed by atoms with van der Waals surface area (Å²) in [4.78, 5) is 33.7. The summed E-state index contributed by atoms with van der Waals surface area (Å²) in [5.41, 5.74) is 2.05. The Hall–Kier alpha value is -2.77. The normalized spacial score (nSPS) is 18.3. The summed E-state index contributed by atoms with van der Waals surface area (Å²) < 4.78 is 39.5. The summed E-state index contributed by atoms with van der Waals surface area (Å²) in [7, 11) is -3.80. The number of anilines is 1. The van der Waals surface area contributed by atoms with Crippen LogP contribution in [0.5, 0.6) is 0 Å². The number of benzene rings is 2. The van der Waals surface area contributed by atoms with Crippen LogP contribution in [0.1, 0.15) is 35.7 Å². The van der Waals surface area contributed by atoms with Gasteiger partial charge in [-0.2, -0.15) is 4.31 Å². The number of ether oxygens (including phenoxy) is 2. The maximum Gasteiger partial charge on any atom is 0.409 e. The van der Waals surface area contributed by atoms with E-state index in [0.29, 0.717) is 28.9 Å². The zero-order valence-corrected chi connectivity index (χ0v) is 24.7. The third-order valence-corrected chi connectivity index (χ3v) is 10.5. The summed E-state index contributed by atoms with van der Waals surface area (Å²) in [6.45, 7) is 5.75. The molecule has 2 fully saturated rings. The highest BCUT2D eigenvalue weighted by atomic mass is 35.5. The molecule has 10 nitrogen and oxygen atoms in total. The number of halogens is 1. The van der Waals surface area contributed by atoms with Crippen LogP contribution >= 0.6 is 22.9 Å². The molecule has 214 valence electrons. The van der Waals surface area contributed by atoms with E-state index >= 15 is 0 Å². The fourth-order valence-corrected chi connectivity index (χ4v) is 7.59. The topological polar surface area (TPSA) is 109 Å². The molecule has 3 heterocycles. The third kappa shape index (κ3) is 5.82. The lowest BCUT2D eigenvalue weighted by Gasteiger charge is -2.33. The molecule has 0 N–H and O–H groups in total. The van der Waals surface area contributed by atoms with Crippen LogP contribution in [-0.4, -0.2) is 86.6 Å². The largest absolute Gasteiger partial charge is 0.450 e. The van der Waals surface area contributed by atoms with E-state index in [-0.39, 0.29) is 49.7 Å². The summed E-state index contributed by atoms with van der Waals surface area (Å²) in [6.07, 6.45) is 1.22. The molecular weight excluding hydrogens is 576 g/mol. The van der Waals surface area contributed by atoms with E-state index in [2.05, 4.69) is 0 Å².